The Hall–Kier alpha value is -2.30. The van der Waals surface area contributed by atoms with Crippen LogP contribution in [0.2, 0.25) is 0 Å². The third-order valence-corrected chi connectivity index (χ3v) is 3.21. The fourth-order valence-electron chi connectivity index (χ4n) is 2.21. The summed E-state index contributed by atoms with van der Waals surface area (Å²) in [5.41, 5.74) is -0.0679. The van der Waals surface area contributed by atoms with Crippen LogP contribution in [0.1, 0.15) is 46.9 Å². The summed E-state index contributed by atoms with van der Waals surface area (Å²) in [7, 11) is 0. The van der Waals surface area contributed by atoms with Crippen LogP contribution in [0, 0.1) is 0 Å². The molecule has 0 radical (unpaired) electrons. The summed E-state index contributed by atoms with van der Waals surface area (Å²) in [6, 6.07) is 4.40. The summed E-state index contributed by atoms with van der Waals surface area (Å²) in [5.74, 6) is -1.38. The molecule has 1 aromatic rings. The van der Waals surface area contributed by atoms with Gasteiger partial charge < -0.3 is 14.6 Å². The van der Waals surface area contributed by atoms with Gasteiger partial charge in [-0.2, -0.15) is 0 Å². The standard InChI is InChI=1S/C16H18O5/c1-2-20-16(19)13-9-8-12(10-14(13)15(17)18)21-11-6-4-3-5-7-11/h4,6,8-11H,2-3,5,7H2,1H3,(H,17,18). The predicted octanol–water partition coefficient (Wildman–Crippen LogP) is 3.05. The SMILES string of the molecule is CCOC(=O)c1ccc(OC2C=CCCC2)cc1C(=O)O. The van der Waals surface area contributed by atoms with Gasteiger partial charge in [0, 0.05) is 0 Å². The van der Waals surface area contributed by atoms with Gasteiger partial charge in [0.2, 0.25) is 0 Å². The second-order valence-electron chi connectivity index (χ2n) is 4.75. The number of rotatable bonds is 5. The summed E-state index contributed by atoms with van der Waals surface area (Å²) in [6.07, 6.45) is 6.98. The number of carboxylic acid groups (broad SMARTS) is 1. The molecule has 112 valence electrons. The minimum absolute atomic E-state index is 0.0379. The van der Waals surface area contributed by atoms with Crippen molar-refractivity contribution in [3.63, 3.8) is 0 Å². The molecule has 1 N–H and O–H groups in total. The molecule has 0 fully saturated rings. The quantitative estimate of drug-likeness (QED) is 0.666. The number of aromatic carboxylic acids is 1. The number of allylic oxidation sites excluding steroid dienone is 1. The normalized spacial score (nSPS) is 17.3. The van der Waals surface area contributed by atoms with E-state index in [1.54, 1.807) is 13.0 Å². The highest BCUT2D eigenvalue weighted by Gasteiger charge is 2.19. The minimum atomic E-state index is -1.18. The Bertz CT molecular complexity index is 562. The van der Waals surface area contributed by atoms with Gasteiger partial charge in [-0.3, -0.25) is 0 Å². The van der Waals surface area contributed by atoms with Crippen molar-refractivity contribution < 1.29 is 24.2 Å². The first kappa shape index (κ1) is 15.1. The van der Waals surface area contributed by atoms with E-state index in [0.717, 1.165) is 19.3 Å². The highest BCUT2D eigenvalue weighted by molar-refractivity contribution is 6.02. The van der Waals surface area contributed by atoms with Crippen molar-refractivity contribution >= 4 is 11.9 Å². The zero-order valence-electron chi connectivity index (χ0n) is 11.9. The van der Waals surface area contributed by atoms with Gasteiger partial charge in [-0.1, -0.05) is 6.08 Å². The minimum Gasteiger partial charge on any atom is -0.486 e. The Morgan fingerprint density at radius 3 is 2.76 bits per heavy atom. The Balaban J connectivity index is 2.23. The number of carbonyl (C=O) groups is 2. The molecule has 0 saturated heterocycles. The molecule has 1 aromatic carbocycles. The Kier molecular flexibility index (Phi) is 4.98. The molecule has 0 heterocycles. The van der Waals surface area contributed by atoms with E-state index in [9.17, 15) is 14.7 Å². The lowest BCUT2D eigenvalue weighted by Crippen LogP contribution is -2.17. The van der Waals surface area contributed by atoms with Crippen LogP contribution in [0.15, 0.2) is 30.4 Å². The number of ether oxygens (including phenoxy) is 2. The summed E-state index contributed by atoms with van der Waals surface area (Å²) < 4.78 is 10.6. The first-order chi connectivity index (χ1) is 10.1. The van der Waals surface area contributed by atoms with E-state index in [4.69, 9.17) is 9.47 Å². The van der Waals surface area contributed by atoms with Gasteiger partial charge in [0.05, 0.1) is 17.7 Å². The molecule has 5 heteroatoms. The Morgan fingerprint density at radius 2 is 2.14 bits per heavy atom. The fraction of sp³-hybridized carbons (Fsp3) is 0.375. The van der Waals surface area contributed by atoms with E-state index < -0.39 is 11.9 Å². The number of benzene rings is 1. The van der Waals surface area contributed by atoms with Crippen LogP contribution in [0.3, 0.4) is 0 Å². The van der Waals surface area contributed by atoms with E-state index in [2.05, 4.69) is 6.08 Å². The molecule has 0 aliphatic heterocycles. The van der Waals surface area contributed by atoms with Gasteiger partial charge in [0.1, 0.15) is 11.9 Å². The maximum atomic E-state index is 11.7. The van der Waals surface area contributed by atoms with Crippen molar-refractivity contribution in [2.45, 2.75) is 32.3 Å². The molecule has 1 aliphatic carbocycles. The van der Waals surface area contributed by atoms with Gasteiger partial charge >= 0.3 is 11.9 Å². The number of hydrogen-bond donors (Lipinski definition) is 1. The van der Waals surface area contributed by atoms with E-state index in [1.807, 2.05) is 6.08 Å². The predicted molar refractivity (Wildman–Crippen MR) is 76.8 cm³/mol. The zero-order chi connectivity index (χ0) is 15.2. The van der Waals surface area contributed by atoms with Crippen LogP contribution >= 0.6 is 0 Å². The number of hydrogen-bond acceptors (Lipinski definition) is 4. The number of carboxylic acids is 1. The Labute approximate surface area is 123 Å². The third-order valence-electron chi connectivity index (χ3n) is 3.21. The molecule has 0 bridgehead atoms. The Morgan fingerprint density at radius 1 is 1.33 bits per heavy atom. The first-order valence-electron chi connectivity index (χ1n) is 6.99. The van der Waals surface area contributed by atoms with Crippen molar-refractivity contribution in [3.05, 3.63) is 41.5 Å². The molecule has 0 spiro atoms. The topological polar surface area (TPSA) is 72.8 Å². The van der Waals surface area contributed by atoms with Crippen molar-refractivity contribution in [1.82, 2.24) is 0 Å². The fourth-order valence-corrected chi connectivity index (χ4v) is 2.21. The van der Waals surface area contributed by atoms with E-state index >= 15 is 0 Å². The second-order valence-corrected chi connectivity index (χ2v) is 4.75. The zero-order valence-corrected chi connectivity index (χ0v) is 11.9. The maximum absolute atomic E-state index is 11.7. The van der Waals surface area contributed by atoms with E-state index in [1.165, 1.54) is 12.1 Å². The van der Waals surface area contributed by atoms with Crippen molar-refractivity contribution in [2.75, 3.05) is 6.61 Å². The molecule has 1 aliphatic rings. The smallest absolute Gasteiger partial charge is 0.339 e. The summed E-state index contributed by atoms with van der Waals surface area (Å²) in [5, 5.41) is 9.24. The molecule has 0 aromatic heterocycles. The van der Waals surface area contributed by atoms with Crippen LogP contribution in [0.4, 0.5) is 0 Å². The molecule has 0 amide bonds. The molecule has 5 nitrogen and oxygen atoms in total. The van der Waals surface area contributed by atoms with E-state index in [-0.39, 0.29) is 23.8 Å². The average molecular weight is 290 g/mol. The lowest BCUT2D eigenvalue weighted by atomic mass is 10.0. The number of esters is 1. The molecule has 2 rings (SSSR count). The molecule has 21 heavy (non-hydrogen) atoms. The van der Waals surface area contributed by atoms with Gasteiger partial charge in [0.15, 0.2) is 0 Å². The van der Waals surface area contributed by atoms with Crippen LogP contribution in [0.5, 0.6) is 5.75 Å². The summed E-state index contributed by atoms with van der Waals surface area (Å²) in [4.78, 5) is 23.0. The number of carbonyl (C=O) groups excluding carboxylic acids is 1. The molecular formula is C16H18O5. The van der Waals surface area contributed by atoms with Crippen LogP contribution < -0.4 is 4.74 Å². The third kappa shape index (κ3) is 3.84. The first-order valence-corrected chi connectivity index (χ1v) is 6.99. The van der Waals surface area contributed by atoms with Crippen molar-refractivity contribution in [1.29, 1.82) is 0 Å². The van der Waals surface area contributed by atoms with E-state index in [0.29, 0.717) is 5.75 Å². The molecule has 1 unspecified atom stereocenters. The summed E-state index contributed by atoms with van der Waals surface area (Å²) >= 11 is 0. The highest BCUT2D eigenvalue weighted by atomic mass is 16.5. The van der Waals surface area contributed by atoms with Crippen LogP contribution in [-0.2, 0) is 4.74 Å². The lowest BCUT2D eigenvalue weighted by Gasteiger charge is -2.19. The highest BCUT2D eigenvalue weighted by Crippen LogP contribution is 2.23. The molecular weight excluding hydrogens is 272 g/mol. The monoisotopic (exact) mass is 290 g/mol. The van der Waals surface area contributed by atoms with Crippen LogP contribution in [0.25, 0.3) is 0 Å². The van der Waals surface area contributed by atoms with Gasteiger partial charge in [-0.05, 0) is 50.5 Å². The summed E-state index contributed by atoms with van der Waals surface area (Å²) in [6.45, 7) is 1.87. The second kappa shape index (κ2) is 6.92. The van der Waals surface area contributed by atoms with Gasteiger partial charge in [-0.25, -0.2) is 9.59 Å². The lowest BCUT2D eigenvalue weighted by molar-refractivity contribution is 0.0514. The van der Waals surface area contributed by atoms with Crippen molar-refractivity contribution in [2.24, 2.45) is 0 Å². The van der Waals surface area contributed by atoms with Gasteiger partial charge in [0.25, 0.3) is 0 Å². The van der Waals surface area contributed by atoms with Crippen LogP contribution in [-0.4, -0.2) is 29.8 Å². The maximum Gasteiger partial charge on any atom is 0.339 e. The molecule has 0 saturated carbocycles. The largest absolute Gasteiger partial charge is 0.486 e. The van der Waals surface area contributed by atoms with Gasteiger partial charge in [-0.15, -0.1) is 0 Å². The van der Waals surface area contributed by atoms with Crippen molar-refractivity contribution in [3.8, 4) is 5.75 Å². The average Bonchev–Trinajstić information content (AvgIpc) is 2.48. The molecule has 1 atom stereocenters.